The summed E-state index contributed by atoms with van der Waals surface area (Å²) in [5.41, 5.74) is 5.86. The second kappa shape index (κ2) is 5.70. The summed E-state index contributed by atoms with van der Waals surface area (Å²) in [5, 5.41) is 0.575. The van der Waals surface area contributed by atoms with Gasteiger partial charge in [0, 0.05) is 17.7 Å². The number of aromatic nitrogens is 2. The molecule has 0 N–H and O–H groups in total. The second-order valence-electron chi connectivity index (χ2n) is 4.95. The first-order valence-electron chi connectivity index (χ1n) is 6.59. The van der Waals surface area contributed by atoms with Gasteiger partial charge in [-0.1, -0.05) is 36.7 Å². The van der Waals surface area contributed by atoms with Crippen LogP contribution in [0.2, 0.25) is 5.15 Å². The van der Waals surface area contributed by atoms with Crippen molar-refractivity contribution >= 4 is 11.6 Å². The van der Waals surface area contributed by atoms with Gasteiger partial charge in [-0.3, -0.25) is 0 Å². The van der Waals surface area contributed by atoms with Crippen LogP contribution in [0.3, 0.4) is 0 Å². The van der Waals surface area contributed by atoms with Gasteiger partial charge < -0.3 is 0 Å². The van der Waals surface area contributed by atoms with Gasteiger partial charge in [0.05, 0.1) is 0 Å². The van der Waals surface area contributed by atoms with Crippen molar-refractivity contribution in [2.75, 3.05) is 0 Å². The smallest absolute Gasteiger partial charge is 0.135 e. The molecule has 1 heterocycles. The molecule has 0 saturated heterocycles. The van der Waals surface area contributed by atoms with Crippen molar-refractivity contribution < 1.29 is 0 Å². The van der Waals surface area contributed by atoms with Crippen molar-refractivity contribution in [3.05, 3.63) is 57.1 Å². The molecule has 2 rings (SSSR count). The molecule has 0 aliphatic rings. The van der Waals surface area contributed by atoms with Gasteiger partial charge in [0.25, 0.3) is 0 Å². The van der Waals surface area contributed by atoms with Gasteiger partial charge >= 0.3 is 0 Å². The molecule has 1 aromatic carbocycles. The number of nitrogens with zero attached hydrogens (tertiary/aromatic N) is 2. The van der Waals surface area contributed by atoms with E-state index in [1.165, 1.54) is 16.7 Å². The summed E-state index contributed by atoms with van der Waals surface area (Å²) in [4.78, 5) is 8.99. The fourth-order valence-corrected chi connectivity index (χ4v) is 2.31. The van der Waals surface area contributed by atoms with Gasteiger partial charge in [0.15, 0.2) is 0 Å². The zero-order valence-electron chi connectivity index (χ0n) is 11.9. The van der Waals surface area contributed by atoms with Crippen LogP contribution in [0.1, 0.15) is 40.7 Å². The Morgan fingerprint density at radius 1 is 1.05 bits per heavy atom. The van der Waals surface area contributed by atoms with Gasteiger partial charge in [-0.05, 0) is 43.9 Å². The zero-order chi connectivity index (χ0) is 14.0. The van der Waals surface area contributed by atoms with Gasteiger partial charge in [0.1, 0.15) is 11.0 Å². The molecular weight excluding hydrogens is 256 g/mol. The predicted molar refractivity (Wildman–Crippen MR) is 79.9 cm³/mol. The SMILES string of the molecule is CCc1nc(Cc2ccc(C)c(C)c2)nc(Cl)c1C. The molecular formula is C16H19ClN2. The fraction of sp³-hybridized carbons (Fsp3) is 0.375. The highest BCUT2D eigenvalue weighted by molar-refractivity contribution is 6.30. The molecule has 100 valence electrons. The third-order valence-corrected chi connectivity index (χ3v) is 3.87. The highest BCUT2D eigenvalue weighted by Gasteiger charge is 2.09. The Hall–Kier alpha value is -1.41. The maximum Gasteiger partial charge on any atom is 0.135 e. The minimum atomic E-state index is 0.575. The lowest BCUT2D eigenvalue weighted by Crippen LogP contribution is -2.04. The molecule has 19 heavy (non-hydrogen) atoms. The van der Waals surface area contributed by atoms with E-state index in [1.807, 2.05) is 6.92 Å². The fourth-order valence-electron chi connectivity index (χ4n) is 2.10. The Bertz CT molecular complexity index is 606. The molecule has 2 nitrogen and oxygen atoms in total. The van der Waals surface area contributed by atoms with E-state index in [0.717, 1.165) is 29.9 Å². The van der Waals surface area contributed by atoms with Crippen LogP contribution in [0, 0.1) is 20.8 Å². The molecule has 0 radical (unpaired) electrons. The van der Waals surface area contributed by atoms with E-state index >= 15 is 0 Å². The lowest BCUT2D eigenvalue weighted by atomic mass is 10.0. The number of halogens is 1. The van der Waals surface area contributed by atoms with E-state index in [4.69, 9.17) is 11.6 Å². The normalized spacial score (nSPS) is 10.8. The second-order valence-corrected chi connectivity index (χ2v) is 5.31. The third-order valence-electron chi connectivity index (χ3n) is 3.50. The average Bonchev–Trinajstić information content (AvgIpc) is 2.38. The maximum atomic E-state index is 6.17. The molecule has 0 atom stereocenters. The number of benzene rings is 1. The standard InChI is InChI=1S/C16H19ClN2/c1-5-14-12(4)16(17)19-15(18-14)9-13-7-6-10(2)11(3)8-13/h6-8H,5,9H2,1-4H3. The van der Waals surface area contributed by atoms with E-state index in [9.17, 15) is 0 Å². The molecule has 0 aliphatic carbocycles. The number of hydrogen-bond acceptors (Lipinski definition) is 2. The van der Waals surface area contributed by atoms with Crippen molar-refractivity contribution in [1.29, 1.82) is 0 Å². The average molecular weight is 275 g/mol. The lowest BCUT2D eigenvalue weighted by molar-refractivity contribution is 0.888. The third kappa shape index (κ3) is 3.13. The highest BCUT2D eigenvalue weighted by atomic mass is 35.5. The largest absolute Gasteiger partial charge is 0.237 e. The van der Waals surface area contributed by atoms with E-state index in [2.05, 4.69) is 48.9 Å². The summed E-state index contributed by atoms with van der Waals surface area (Å²) in [6.07, 6.45) is 1.61. The molecule has 0 unspecified atom stereocenters. The van der Waals surface area contributed by atoms with Gasteiger partial charge in [-0.25, -0.2) is 9.97 Å². The Morgan fingerprint density at radius 3 is 2.42 bits per heavy atom. The van der Waals surface area contributed by atoms with Crippen LogP contribution in [-0.4, -0.2) is 9.97 Å². The molecule has 1 aromatic heterocycles. The first kappa shape index (κ1) is 14.0. The molecule has 3 heteroatoms. The minimum absolute atomic E-state index is 0.575. The highest BCUT2D eigenvalue weighted by Crippen LogP contribution is 2.18. The molecule has 0 saturated carbocycles. The van der Waals surface area contributed by atoms with Gasteiger partial charge in [-0.2, -0.15) is 0 Å². The van der Waals surface area contributed by atoms with Crippen LogP contribution >= 0.6 is 11.6 Å². The topological polar surface area (TPSA) is 25.8 Å². The van der Waals surface area contributed by atoms with Crippen LogP contribution in [0.4, 0.5) is 0 Å². The van der Waals surface area contributed by atoms with Crippen LogP contribution < -0.4 is 0 Å². The summed E-state index contributed by atoms with van der Waals surface area (Å²) in [6, 6.07) is 6.46. The maximum absolute atomic E-state index is 6.17. The molecule has 0 bridgehead atoms. The van der Waals surface area contributed by atoms with E-state index in [0.29, 0.717) is 5.15 Å². The monoisotopic (exact) mass is 274 g/mol. The van der Waals surface area contributed by atoms with Crippen LogP contribution in [-0.2, 0) is 12.8 Å². The quantitative estimate of drug-likeness (QED) is 0.784. The van der Waals surface area contributed by atoms with E-state index < -0.39 is 0 Å². The number of rotatable bonds is 3. The minimum Gasteiger partial charge on any atom is -0.237 e. The van der Waals surface area contributed by atoms with Crippen LogP contribution in [0.25, 0.3) is 0 Å². The first-order valence-corrected chi connectivity index (χ1v) is 6.97. The van der Waals surface area contributed by atoms with Crippen molar-refractivity contribution in [2.24, 2.45) is 0 Å². The van der Waals surface area contributed by atoms with Crippen molar-refractivity contribution in [3.8, 4) is 0 Å². The van der Waals surface area contributed by atoms with Crippen LogP contribution in [0.5, 0.6) is 0 Å². The zero-order valence-corrected chi connectivity index (χ0v) is 12.7. The van der Waals surface area contributed by atoms with Crippen molar-refractivity contribution in [1.82, 2.24) is 9.97 Å². The molecule has 0 amide bonds. The summed E-state index contributed by atoms with van der Waals surface area (Å²) < 4.78 is 0. The van der Waals surface area contributed by atoms with Crippen LogP contribution in [0.15, 0.2) is 18.2 Å². The van der Waals surface area contributed by atoms with Crippen molar-refractivity contribution in [3.63, 3.8) is 0 Å². The lowest BCUT2D eigenvalue weighted by Gasteiger charge is -2.09. The molecule has 0 aliphatic heterocycles. The number of aryl methyl sites for hydroxylation is 3. The summed E-state index contributed by atoms with van der Waals surface area (Å²) in [5.74, 6) is 0.802. The number of hydrogen-bond donors (Lipinski definition) is 0. The van der Waals surface area contributed by atoms with E-state index in [1.54, 1.807) is 0 Å². The Balaban J connectivity index is 2.32. The van der Waals surface area contributed by atoms with Crippen molar-refractivity contribution in [2.45, 2.75) is 40.5 Å². The Kier molecular flexibility index (Phi) is 4.20. The first-order chi connectivity index (χ1) is 9.01. The Morgan fingerprint density at radius 2 is 1.79 bits per heavy atom. The summed E-state index contributed by atoms with van der Waals surface area (Å²) in [7, 11) is 0. The van der Waals surface area contributed by atoms with Gasteiger partial charge in [0.2, 0.25) is 0 Å². The molecule has 0 spiro atoms. The van der Waals surface area contributed by atoms with Gasteiger partial charge in [-0.15, -0.1) is 0 Å². The Labute approximate surface area is 119 Å². The summed E-state index contributed by atoms with van der Waals surface area (Å²) in [6.45, 7) is 8.30. The summed E-state index contributed by atoms with van der Waals surface area (Å²) >= 11 is 6.17. The predicted octanol–water partition coefficient (Wildman–Crippen LogP) is 4.21. The molecule has 2 aromatic rings. The van der Waals surface area contributed by atoms with E-state index in [-0.39, 0.29) is 0 Å². The molecule has 0 fully saturated rings.